The molecule has 4 heteroatoms. The Balaban J connectivity index is 2.31. The summed E-state index contributed by atoms with van der Waals surface area (Å²) in [6.07, 6.45) is 0.259. The van der Waals surface area contributed by atoms with Crippen molar-refractivity contribution in [3.8, 4) is 0 Å². The van der Waals surface area contributed by atoms with Crippen molar-refractivity contribution in [3.63, 3.8) is 0 Å². The minimum Gasteiger partial charge on any atom is -0.395 e. The van der Waals surface area contributed by atoms with Crippen molar-refractivity contribution in [1.29, 1.82) is 0 Å². The van der Waals surface area contributed by atoms with Crippen LogP contribution in [0.25, 0.3) is 0 Å². The predicted molar refractivity (Wildman–Crippen MR) is 33.1 cm³/mol. The van der Waals surface area contributed by atoms with Crippen LogP contribution in [0.3, 0.4) is 0 Å². The highest BCUT2D eigenvalue weighted by Crippen LogP contribution is 2.23. The van der Waals surface area contributed by atoms with E-state index >= 15 is 0 Å². The van der Waals surface area contributed by atoms with Crippen LogP contribution in [0.4, 0.5) is 8.78 Å². The van der Waals surface area contributed by atoms with E-state index in [1.165, 1.54) is 0 Å². The van der Waals surface area contributed by atoms with Crippen LogP contribution in [-0.2, 0) is 0 Å². The van der Waals surface area contributed by atoms with Gasteiger partial charge in [-0.2, -0.15) is 0 Å². The van der Waals surface area contributed by atoms with Crippen LogP contribution in [0, 0.1) is 0 Å². The van der Waals surface area contributed by atoms with Gasteiger partial charge >= 0.3 is 0 Å². The summed E-state index contributed by atoms with van der Waals surface area (Å²) in [6.45, 7) is -0.339. The standard InChI is InChI=1S/C6H11F2NO/c7-6(8)2-1-5(3-10)9-4-6/h5,9-10H,1-4H2/t5-/m1/s1. The Bertz CT molecular complexity index is 108. The van der Waals surface area contributed by atoms with E-state index in [1.807, 2.05) is 0 Å². The number of halogens is 2. The molecule has 0 bridgehead atoms. The fourth-order valence-electron chi connectivity index (χ4n) is 1.03. The average molecular weight is 151 g/mol. The van der Waals surface area contributed by atoms with Crippen molar-refractivity contribution in [1.82, 2.24) is 5.32 Å². The van der Waals surface area contributed by atoms with E-state index in [4.69, 9.17) is 5.11 Å². The van der Waals surface area contributed by atoms with Gasteiger partial charge in [-0.1, -0.05) is 0 Å². The third-order valence-corrected chi connectivity index (χ3v) is 1.73. The Kier molecular flexibility index (Phi) is 2.21. The van der Waals surface area contributed by atoms with Gasteiger partial charge in [-0.15, -0.1) is 0 Å². The molecule has 1 aliphatic rings. The molecular formula is C6H11F2NO. The first-order chi connectivity index (χ1) is 4.64. The molecule has 0 spiro atoms. The molecule has 0 aliphatic carbocycles. The lowest BCUT2D eigenvalue weighted by Crippen LogP contribution is -2.46. The highest BCUT2D eigenvalue weighted by Gasteiger charge is 2.34. The van der Waals surface area contributed by atoms with E-state index in [-0.39, 0.29) is 25.6 Å². The molecule has 1 aliphatic heterocycles. The molecule has 1 heterocycles. The van der Waals surface area contributed by atoms with E-state index in [2.05, 4.69) is 5.32 Å². The van der Waals surface area contributed by atoms with Crippen LogP contribution in [-0.4, -0.2) is 30.2 Å². The average Bonchev–Trinajstić information content (AvgIpc) is 1.88. The molecule has 60 valence electrons. The maximum absolute atomic E-state index is 12.4. The van der Waals surface area contributed by atoms with Gasteiger partial charge in [0.05, 0.1) is 13.2 Å². The quantitative estimate of drug-likeness (QED) is 0.567. The third kappa shape index (κ3) is 1.88. The van der Waals surface area contributed by atoms with Gasteiger partial charge in [0.25, 0.3) is 5.92 Å². The van der Waals surface area contributed by atoms with Crippen LogP contribution in [0.1, 0.15) is 12.8 Å². The molecule has 1 rings (SSSR count). The summed E-state index contributed by atoms with van der Waals surface area (Å²) < 4.78 is 24.7. The molecule has 10 heavy (non-hydrogen) atoms. The van der Waals surface area contributed by atoms with Crippen LogP contribution in [0.5, 0.6) is 0 Å². The number of hydrogen-bond acceptors (Lipinski definition) is 2. The van der Waals surface area contributed by atoms with Gasteiger partial charge in [0.2, 0.25) is 0 Å². The van der Waals surface area contributed by atoms with E-state index in [1.54, 1.807) is 0 Å². The van der Waals surface area contributed by atoms with E-state index in [9.17, 15) is 8.78 Å². The minimum absolute atomic E-state index is 0.0456. The second kappa shape index (κ2) is 2.80. The number of rotatable bonds is 1. The number of aliphatic hydroxyl groups is 1. The van der Waals surface area contributed by atoms with Crippen molar-refractivity contribution >= 4 is 0 Å². The molecule has 1 saturated heterocycles. The van der Waals surface area contributed by atoms with Crippen LogP contribution >= 0.6 is 0 Å². The first-order valence-electron chi connectivity index (χ1n) is 3.36. The van der Waals surface area contributed by atoms with Crippen LogP contribution in [0.2, 0.25) is 0 Å². The fraction of sp³-hybridized carbons (Fsp3) is 1.00. The normalized spacial score (nSPS) is 32.1. The number of hydrogen-bond donors (Lipinski definition) is 2. The van der Waals surface area contributed by atoms with Gasteiger partial charge in [0, 0.05) is 12.5 Å². The smallest absolute Gasteiger partial charge is 0.260 e. The van der Waals surface area contributed by atoms with Gasteiger partial charge < -0.3 is 10.4 Å². The molecular weight excluding hydrogens is 140 g/mol. The number of aliphatic hydroxyl groups excluding tert-OH is 1. The zero-order chi connectivity index (χ0) is 7.61. The lowest BCUT2D eigenvalue weighted by Gasteiger charge is -2.28. The number of nitrogens with one attached hydrogen (secondary N) is 1. The third-order valence-electron chi connectivity index (χ3n) is 1.73. The van der Waals surface area contributed by atoms with E-state index in [0.29, 0.717) is 6.42 Å². The van der Waals surface area contributed by atoms with E-state index < -0.39 is 5.92 Å². The van der Waals surface area contributed by atoms with Crippen molar-refractivity contribution < 1.29 is 13.9 Å². The monoisotopic (exact) mass is 151 g/mol. The summed E-state index contributed by atoms with van der Waals surface area (Å²) in [6, 6.07) is -0.125. The first-order valence-corrected chi connectivity index (χ1v) is 3.36. The minimum atomic E-state index is -2.56. The Labute approximate surface area is 58.2 Å². The van der Waals surface area contributed by atoms with Gasteiger partial charge in [-0.3, -0.25) is 0 Å². The molecule has 0 aromatic carbocycles. The zero-order valence-corrected chi connectivity index (χ0v) is 5.61. The largest absolute Gasteiger partial charge is 0.395 e. The summed E-state index contributed by atoms with van der Waals surface area (Å²) in [5, 5.41) is 11.1. The fourth-order valence-corrected chi connectivity index (χ4v) is 1.03. The first kappa shape index (κ1) is 7.88. The second-order valence-electron chi connectivity index (χ2n) is 2.66. The second-order valence-corrected chi connectivity index (χ2v) is 2.66. The van der Waals surface area contributed by atoms with Crippen LogP contribution in [0.15, 0.2) is 0 Å². The maximum atomic E-state index is 12.4. The molecule has 0 amide bonds. The van der Waals surface area contributed by atoms with Gasteiger partial charge in [0.1, 0.15) is 0 Å². The molecule has 0 radical (unpaired) electrons. The summed E-state index contributed by atoms with van der Waals surface area (Å²) in [4.78, 5) is 0. The molecule has 2 nitrogen and oxygen atoms in total. The number of piperidine rings is 1. The summed E-state index contributed by atoms with van der Waals surface area (Å²) in [7, 11) is 0. The van der Waals surface area contributed by atoms with Crippen LogP contribution < -0.4 is 5.32 Å². The predicted octanol–water partition coefficient (Wildman–Crippen LogP) is 0.366. The van der Waals surface area contributed by atoms with Gasteiger partial charge in [-0.05, 0) is 6.42 Å². The molecule has 0 saturated carbocycles. The molecule has 2 N–H and O–H groups in total. The molecule has 0 unspecified atom stereocenters. The van der Waals surface area contributed by atoms with E-state index in [0.717, 1.165) is 0 Å². The lowest BCUT2D eigenvalue weighted by atomic mass is 10.0. The zero-order valence-electron chi connectivity index (χ0n) is 5.61. The molecule has 0 aromatic heterocycles. The Hall–Kier alpha value is -0.220. The summed E-state index contributed by atoms with van der Waals surface area (Å²) >= 11 is 0. The molecule has 0 aromatic rings. The van der Waals surface area contributed by atoms with Crippen molar-refractivity contribution in [3.05, 3.63) is 0 Å². The molecule has 1 fully saturated rings. The number of alkyl halides is 2. The summed E-state index contributed by atoms with van der Waals surface area (Å²) in [5.41, 5.74) is 0. The molecule has 1 atom stereocenters. The Morgan fingerprint density at radius 3 is 2.70 bits per heavy atom. The maximum Gasteiger partial charge on any atom is 0.260 e. The summed E-state index contributed by atoms with van der Waals surface area (Å²) in [5.74, 6) is -2.56. The lowest BCUT2D eigenvalue weighted by molar-refractivity contribution is -0.0344. The topological polar surface area (TPSA) is 32.3 Å². The van der Waals surface area contributed by atoms with Gasteiger partial charge in [-0.25, -0.2) is 8.78 Å². The Morgan fingerprint density at radius 1 is 1.60 bits per heavy atom. The Morgan fingerprint density at radius 2 is 2.30 bits per heavy atom. The highest BCUT2D eigenvalue weighted by molar-refractivity contribution is 4.81. The van der Waals surface area contributed by atoms with Crippen molar-refractivity contribution in [2.24, 2.45) is 0 Å². The van der Waals surface area contributed by atoms with Crippen molar-refractivity contribution in [2.45, 2.75) is 24.8 Å². The SMILES string of the molecule is OC[C@H]1CCC(F)(F)CN1. The van der Waals surface area contributed by atoms with Crippen molar-refractivity contribution in [2.75, 3.05) is 13.2 Å². The highest BCUT2D eigenvalue weighted by atomic mass is 19.3. The van der Waals surface area contributed by atoms with Gasteiger partial charge in [0.15, 0.2) is 0 Å².